The van der Waals surface area contributed by atoms with Crippen LogP contribution in [-0.4, -0.2) is 34.9 Å². The zero-order valence-corrected chi connectivity index (χ0v) is 10.9. The summed E-state index contributed by atoms with van der Waals surface area (Å²) in [6.45, 7) is 0. The number of carboxylic acid groups (broad SMARTS) is 1. The quantitative estimate of drug-likeness (QED) is 0.682. The Morgan fingerprint density at radius 3 is 2.79 bits per heavy atom. The molecule has 0 amide bonds. The smallest absolute Gasteiger partial charge is 0.338 e. The van der Waals surface area contributed by atoms with E-state index >= 15 is 0 Å². The van der Waals surface area contributed by atoms with Crippen LogP contribution in [0.15, 0.2) is 35.4 Å². The number of hydrogen-bond donors (Lipinski definition) is 1. The van der Waals surface area contributed by atoms with E-state index in [1.54, 1.807) is 18.2 Å². The summed E-state index contributed by atoms with van der Waals surface area (Å²) in [6.07, 6.45) is 1.31. The predicted molar refractivity (Wildman–Crippen MR) is 71.4 cm³/mol. The number of esters is 1. The summed E-state index contributed by atoms with van der Waals surface area (Å²) in [5.41, 5.74) is 0.785. The van der Waals surface area contributed by atoms with Gasteiger partial charge in [0.05, 0.1) is 23.9 Å². The number of hydrogen-bond acceptors (Lipinski definition) is 5. The number of pyridine rings is 1. The summed E-state index contributed by atoms with van der Waals surface area (Å²) in [5.74, 6) is -1.40. The van der Waals surface area contributed by atoms with E-state index in [0.29, 0.717) is 10.4 Å². The van der Waals surface area contributed by atoms with Crippen molar-refractivity contribution in [1.82, 2.24) is 4.98 Å². The fourth-order valence-corrected chi connectivity index (χ4v) is 2.62. The van der Waals surface area contributed by atoms with Gasteiger partial charge in [0.2, 0.25) is 0 Å². The molecule has 0 saturated carbocycles. The number of aromatic carboxylic acids is 1. The maximum atomic E-state index is 11.2. The van der Waals surface area contributed by atoms with Crippen molar-refractivity contribution in [2.75, 3.05) is 12.9 Å². The highest BCUT2D eigenvalue weighted by Gasteiger charge is 2.16. The maximum Gasteiger partial charge on any atom is 0.338 e. The molecule has 0 aliphatic rings. The molecule has 0 aliphatic heterocycles. The van der Waals surface area contributed by atoms with Gasteiger partial charge < -0.3 is 9.84 Å². The van der Waals surface area contributed by atoms with Crippen LogP contribution in [-0.2, 0) is 9.53 Å². The topological polar surface area (TPSA) is 76.5 Å². The van der Waals surface area contributed by atoms with Gasteiger partial charge in [-0.1, -0.05) is 18.2 Å². The molecule has 2 aromatic rings. The minimum absolute atomic E-state index is 0.0603. The van der Waals surface area contributed by atoms with Crippen molar-refractivity contribution in [3.63, 3.8) is 0 Å². The lowest BCUT2D eigenvalue weighted by molar-refractivity contribution is -0.137. The Balaban J connectivity index is 2.49. The second-order valence-electron chi connectivity index (χ2n) is 3.69. The van der Waals surface area contributed by atoms with E-state index in [1.165, 1.54) is 13.3 Å². The first-order chi connectivity index (χ1) is 9.13. The van der Waals surface area contributed by atoms with Crippen LogP contribution >= 0.6 is 11.8 Å². The van der Waals surface area contributed by atoms with Crippen LogP contribution in [0, 0.1) is 0 Å². The molecule has 19 heavy (non-hydrogen) atoms. The molecule has 0 radical (unpaired) electrons. The number of aromatic nitrogens is 1. The highest BCUT2D eigenvalue weighted by Crippen LogP contribution is 2.30. The average molecular weight is 277 g/mol. The van der Waals surface area contributed by atoms with E-state index < -0.39 is 11.9 Å². The van der Waals surface area contributed by atoms with Crippen molar-refractivity contribution in [3.05, 3.63) is 36.0 Å². The first kappa shape index (κ1) is 13.4. The fourth-order valence-electron chi connectivity index (χ4n) is 1.61. The van der Waals surface area contributed by atoms with Crippen molar-refractivity contribution < 1.29 is 19.4 Å². The van der Waals surface area contributed by atoms with Gasteiger partial charge in [0, 0.05) is 16.5 Å². The van der Waals surface area contributed by atoms with Crippen LogP contribution in [0.5, 0.6) is 0 Å². The molecule has 0 fully saturated rings. The summed E-state index contributed by atoms with van der Waals surface area (Å²) in [7, 11) is 1.30. The lowest BCUT2D eigenvalue weighted by Crippen LogP contribution is -2.06. The SMILES string of the molecule is COC(=O)CSc1c(C(=O)O)cnc2ccccc12. The Morgan fingerprint density at radius 2 is 2.11 bits per heavy atom. The number of ether oxygens (including phenoxy) is 1. The van der Waals surface area contributed by atoms with Gasteiger partial charge in [-0.15, -0.1) is 11.8 Å². The van der Waals surface area contributed by atoms with E-state index in [1.807, 2.05) is 6.07 Å². The highest BCUT2D eigenvalue weighted by molar-refractivity contribution is 8.00. The molecule has 6 heteroatoms. The first-order valence-electron chi connectivity index (χ1n) is 5.44. The van der Waals surface area contributed by atoms with Crippen LogP contribution in [0.3, 0.4) is 0 Å². The van der Waals surface area contributed by atoms with Gasteiger partial charge in [0.1, 0.15) is 0 Å². The van der Waals surface area contributed by atoms with E-state index in [0.717, 1.165) is 17.1 Å². The van der Waals surface area contributed by atoms with Crippen LogP contribution < -0.4 is 0 Å². The molecule has 5 nitrogen and oxygen atoms in total. The normalized spacial score (nSPS) is 10.4. The van der Waals surface area contributed by atoms with Gasteiger partial charge in [0.15, 0.2) is 0 Å². The van der Waals surface area contributed by atoms with Gasteiger partial charge in [0.25, 0.3) is 0 Å². The number of benzene rings is 1. The van der Waals surface area contributed by atoms with Crippen molar-refractivity contribution in [2.45, 2.75) is 4.90 Å². The van der Waals surface area contributed by atoms with Gasteiger partial charge in [-0.05, 0) is 6.07 Å². The van der Waals surface area contributed by atoms with Crippen LogP contribution in [0.2, 0.25) is 0 Å². The monoisotopic (exact) mass is 277 g/mol. The average Bonchev–Trinajstić information content (AvgIpc) is 2.43. The number of nitrogens with zero attached hydrogens (tertiary/aromatic N) is 1. The standard InChI is InChI=1S/C13H11NO4S/c1-18-11(15)7-19-12-8-4-2-3-5-10(8)14-6-9(12)13(16)17/h2-6H,7H2,1H3,(H,16,17). The molecule has 98 valence electrons. The number of carboxylic acids is 1. The van der Waals surface area contributed by atoms with E-state index in [2.05, 4.69) is 9.72 Å². The summed E-state index contributed by atoms with van der Waals surface area (Å²) in [5, 5.41) is 9.90. The third-order valence-electron chi connectivity index (χ3n) is 2.52. The Bertz CT molecular complexity index is 642. The second kappa shape index (κ2) is 5.71. The zero-order valence-electron chi connectivity index (χ0n) is 10.1. The molecule has 0 unspecified atom stereocenters. The molecule has 0 saturated heterocycles. The van der Waals surface area contributed by atoms with Crippen LogP contribution in [0.4, 0.5) is 0 Å². The van der Waals surface area contributed by atoms with Gasteiger partial charge in [-0.3, -0.25) is 9.78 Å². The largest absolute Gasteiger partial charge is 0.478 e. The van der Waals surface area contributed by atoms with Gasteiger partial charge >= 0.3 is 11.9 Å². The number of carbonyl (C=O) groups excluding carboxylic acids is 1. The van der Waals surface area contributed by atoms with E-state index in [9.17, 15) is 14.7 Å². The predicted octanol–water partition coefficient (Wildman–Crippen LogP) is 2.20. The number of rotatable bonds is 4. The van der Waals surface area contributed by atoms with Crippen molar-refractivity contribution in [1.29, 1.82) is 0 Å². The number of fused-ring (bicyclic) bond motifs is 1. The lowest BCUT2D eigenvalue weighted by Gasteiger charge is -2.08. The Labute approximate surface area is 113 Å². The Kier molecular flexibility index (Phi) is 4.01. The molecule has 0 bridgehead atoms. The fraction of sp³-hybridized carbons (Fsp3) is 0.154. The van der Waals surface area contributed by atoms with Gasteiger partial charge in [-0.2, -0.15) is 0 Å². The lowest BCUT2D eigenvalue weighted by atomic mass is 10.1. The Hall–Kier alpha value is -2.08. The summed E-state index contributed by atoms with van der Waals surface area (Å²) in [6, 6.07) is 7.21. The number of para-hydroxylation sites is 1. The number of methoxy groups -OCH3 is 1. The molecule has 0 aliphatic carbocycles. The van der Waals surface area contributed by atoms with E-state index in [-0.39, 0.29) is 11.3 Å². The first-order valence-corrected chi connectivity index (χ1v) is 6.42. The van der Waals surface area contributed by atoms with Crippen molar-refractivity contribution in [3.8, 4) is 0 Å². The summed E-state index contributed by atoms with van der Waals surface area (Å²) in [4.78, 5) is 27.0. The van der Waals surface area contributed by atoms with E-state index in [4.69, 9.17) is 0 Å². The second-order valence-corrected chi connectivity index (χ2v) is 4.67. The molecule has 1 aromatic carbocycles. The molecular weight excluding hydrogens is 266 g/mol. The molecule has 2 rings (SSSR count). The summed E-state index contributed by atoms with van der Waals surface area (Å²) < 4.78 is 4.56. The third-order valence-corrected chi connectivity index (χ3v) is 3.63. The molecule has 0 spiro atoms. The summed E-state index contributed by atoms with van der Waals surface area (Å²) >= 11 is 1.14. The molecule has 1 aromatic heterocycles. The van der Waals surface area contributed by atoms with Crippen molar-refractivity contribution in [2.24, 2.45) is 0 Å². The molecular formula is C13H11NO4S. The maximum absolute atomic E-state index is 11.2. The minimum atomic E-state index is -1.06. The van der Waals surface area contributed by atoms with Crippen LogP contribution in [0.1, 0.15) is 10.4 Å². The molecule has 1 N–H and O–H groups in total. The number of thioether (sulfide) groups is 1. The zero-order chi connectivity index (χ0) is 13.8. The third kappa shape index (κ3) is 2.85. The Morgan fingerprint density at radius 1 is 1.37 bits per heavy atom. The van der Waals surface area contributed by atoms with Crippen molar-refractivity contribution >= 4 is 34.6 Å². The number of carbonyl (C=O) groups is 2. The molecule has 1 heterocycles. The molecule has 0 atom stereocenters. The highest BCUT2D eigenvalue weighted by atomic mass is 32.2. The minimum Gasteiger partial charge on any atom is -0.478 e. The van der Waals surface area contributed by atoms with Crippen LogP contribution in [0.25, 0.3) is 10.9 Å². The van der Waals surface area contributed by atoms with Gasteiger partial charge in [-0.25, -0.2) is 4.79 Å².